The molecule has 0 aromatic rings. The molecular formula is C9H17NO. The molecule has 0 aliphatic carbocycles. The molecule has 1 unspecified atom stereocenters. The van der Waals surface area contributed by atoms with Crippen molar-refractivity contribution in [3.8, 4) is 6.07 Å². The molecule has 11 heavy (non-hydrogen) atoms. The van der Waals surface area contributed by atoms with Gasteiger partial charge in [0.2, 0.25) is 0 Å². The van der Waals surface area contributed by atoms with Crippen molar-refractivity contribution in [1.82, 2.24) is 0 Å². The van der Waals surface area contributed by atoms with Crippen LogP contribution in [0.1, 0.15) is 39.5 Å². The minimum atomic E-state index is -0.174. The van der Waals surface area contributed by atoms with Gasteiger partial charge in [-0.25, -0.2) is 0 Å². The summed E-state index contributed by atoms with van der Waals surface area (Å²) in [4.78, 5) is 0. The average Bonchev–Trinajstić information content (AvgIpc) is 2.03. The van der Waals surface area contributed by atoms with Crippen molar-refractivity contribution < 1.29 is 4.74 Å². The Morgan fingerprint density at radius 1 is 1.36 bits per heavy atom. The van der Waals surface area contributed by atoms with Crippen molar-refractivity contribution in [2.24, 2.45) is 0 Å². The van der Waals surface area contributed by atoms with Crippen LogP contribution in [-0.2, 0) is 4.74 Å². The molecule has 2 heteroatoms. The minimum absolute atomic E-state index is 0.174. The van der Waals surface area contributed by atoms with E-state index in [0.29, 0.717) is 6.61 Å². The lowest BCUT2D eigenvalue weighted by Crippen LogP contribution is -2.09. The predicted octanol–water partition coefficient (Wildman–Crippen LogP) is 2.50. The first-order valence-corrected chi connectivity index (χ1v) is 4.36. The van der Waals surface area contributed by atoms with E-state index in [4.69, 9.17) is 10.00 Å². The summed E-state index contributed by atoms with van der Waals surface area (Å²) in [6.07, 6.45) is 4.22. The third-order valence-electron chi connectivity index (χ3n) is 1.58. The van der Waals surface area contributed by atoms with Crippen LogP contribution in [0.3, 0.4) is 0 Å². The second-order valence-electron chi connectivity index (χ2n) is 2.57. The minimum Gasteiger partial charge on any atom is -0.364 e. The molecule has 0 aliphatic rings. The van der Waals surface area contributed by atoms with Gasteiger partial charge in [0, 0.05) is 6.61 Å². The maximum absolute atomic E-state index is 8.58. The van der Waals surface area contributed by atoms with Crippen LogP contribution < -0.4 is 0 Å². The van der Waals surface area contributed by atoms with Crippen LogP contribution in [0.25, 0.3) is 0 Å². The lowest BCUT2D eigenvalue weighted by Gasteiger charge is -2.07. The molecule has 2 nitrogen and oxygen atoms in total. The van der Waals surface area contributed by atoms with Crippen molar-refractivity contribution >= 4 is 0 Å². The molecule has 0 fully saturated rings. The first-order valence-electron chi connectivity index (χ1n) is 4.36. The summed E-state index contributed by atoms with van der Waals surface area (Å²) in [6, 6.07) is 2.14. The Balaban J connectivity index is 3.30. The lowest BCUT2D eigenvalue weighted by atomic mass is 10.1. The van der Waals surface area contributed by atoms with Crippen molar-refractivity contribution in [2.75, 3.05) is 6.61 Å². The zero-order valence-corrected chi connectivity index (χ0v) is 7.47. The number of rotatable bonds is 6. The van der Waals surface area contributed by atoms with E-state index in [1.807, 2.05) is 6.92 Å². The van der Waals surface area contributed by atoms with Crippen LogP contribution in [0, 0.1) is 11.3 Å². The van der Waals surface area contributed by atoms with Gasteiger partial charge >= 0.3 is 0 Å². The summed E-state index contributed by atoms with van der Waals surface area (Å²) in [5, 5.41) is 8.58. The van der Waals surface area contributed by atoms with E-state index in [2.05, 4.69) is 13.0 Å². The first kappa shape index (κ1) is 10.4. The third-order valence-corrected chi connectivity index (χ3v) is 1.58. The van der Waals surface area contributed by atoms with E-state index in [-0.39, 0.29) is 6.10 Å². The van der Waals surface area contributed by atoms with Gasteiger partial charge in [-0.2, -0.15) is 5.26 Å². The second kappa shape index (κ2) is 7.56. The van der Waals surface area contributed by atoms with Crippen molar-refractivity contribution in [2.45, 2.75) is 45.6 Å². The SMILES string of the molecule is CCCCCC(C#N)OCC. The highest BCUT2D eigenvalue weighted by atomic mass is 16.5. The fraction of sp³-hybridized carbons (Fsp3) is 0.889. The largest absolute Gasteiger partial charge is 0.364 e. The predicted molar refractivity (Wildman–Crippen MR) is 45.2 cm³/mol. The van der Waals surface area contributed by atoms with E-state index < -0.39 is 0 Å². The molecule has 0 heterocycles. The maximum Gasteiger partial charge on any atom is 0.143 e. The Morgan fingerprint density at radius 2 is 2.09 bits per heavy atom. The molecule has 0 saturated heterocycles. The number of hydrogen-bond acceptors (Lipinski definition) is 2. The normalized spacial score (nSPS) is 12.5. The van der Waals surface area contributed by atoms with Crippen LogP contribution in [0.2, 0.25) is 0 Å². The van der Waals surface area contributed by atoms with E-state index in [0.717, 1.165) is 12.8 Å². The number of nitriles is 1. The molecule has 0 radical (unpaired) electrons. The van der Waals surface area contributed by atoms with Gasteiger partial charge in [0.1, 0.15) is 6.10 Å². The molecule has 0 aliphatic heterocycles. The highest BCUT2D eigenvalue weighted by molar-refractivity contribution is 4.83. The molecule has 0 aromatic carbocycles. The second-order valence-corrected chi connectivity index (χ2v) is 2.57. The molecule has 0 aromatic heterocycles. The molecular weight excluding hydrogens is 138 g/mol. The number of hydrogen-bond donors (Lipinski definition) is 0. The summed E-state index contributed by atoms with van der Waals surface area (Å²) in [5.41, 5.74) is 0. The van der Waals surface area contributed by atoms with Crippen LogP contribution in [0.5, 0.6) is 0 Å². The van der Waals surface area contributed by atoms with E-state index in [9.17, 15) is 0 Å². The fourth-order valence-electron chi connectivity index (χ4n) is 0.966. The van der Waals surface area contributed by atoms with E-state index in [1.165, 1.54) is 12.8 Å². The van der Waals surface area contributed by atoms with Gasteiger partial charge in [0.05, 0.1) is 6.07 Å². The number of nitrogens with zero attached hydrogens (tertiary/aromatic N) is 1. The third kappa shape index (κ3) is 5.87. The average molecular weight is 155 g/mol. The molecule has 0 amide bonds. The molecule has 0 spiro atoms. The summed E-state index contributed by atoms with van der Waals surface area (Å²) in [5.74, 6) is 0. The molecule has 0 rings (SSSR count). The topological polar surface area (TPSA) is 33.0 Å². The summed E-state index contributed by atoms with van der Waals surface area (Å²) in [6.45, 7) is 4.72. The van der Waals surface area contributed by atoms with Crippen LogP contribution >= 0.6 is 0 Å². The zero-order chi connectivity index (χ0) is 8.53. The quantitative estimate of drug-likeness (QED) is 0.552. The monoisotopic (exact) mass is 155 g/mol. The highest BCUT2D eigenvalue weighted by Gasteiger charge is 2.04. The van der Waals surface area contributed by atoms with Crippen LogP contribution in [0.15, 0.2) is 0 Å². The van der Waals surface area contributed by atoms with E-state index in [1.54, 1.807) is 0 Å². The van der Waals surface area contributed by atoms with Crippen molar-refractivity contribution in [3.05, 3.63) is 0 Å². The molecule has 1 atom stereocenters. The highest BCUT2D eigenvalue weighted by Crippen LogP contribution is 2.05. The Morgan fingerprint density at radius 3 is 2.55 bits per heavy atom. The number of unbranched alkanes of at least 4 members (excludes halogenated alkanes) is 2. The van der Waals surface area contributed by atoms with Gasteiger partial charge in [0.25, 0.3) is 0 Å². The first-order chi connectivity index (χ1) is 5.35. The summed E-state index contributed by atoms with van der Waals surface area (Å²) >= 11 is 0. The van der Waals surface area contributed by atoms with Gasteiger partial charge in [-0.1, -0.05) is 19.8 Å². The van der Waals surface area contributed by atoms with Crippen LogP contribution in [-0.4, -0.2) is 12.7 Å². The zero-order valence-electron chi connectivity index (χ0n) is 7.47. The summed E-state index contributed by atoms with van der Waals surface area (Å²) in [7, 11) is 0. The Kier molecular flexibility index (Phi) is 7.18. The summed E-state index contributed by atoms with van der Waals surface area (Å²) < 4.78 is 5.18. The van der Waals surface area contributed by atoms with Gasteiger partial charge < -0.3 is 4.74 Å². The Labute approximate surface area is 69.2 Å². The van der Waals surface area contributed by atoms with Crippen molar-refractivity contribution in [3.63, 3.8) is 0 Å². The molecule has 0 bridgehead atoms. The molecule has 0 saturated carbocycles. The fourth-order valence-corrected chi connectivity index (χ4v) is 0.966. The van der Waals surface area contributed by atoms with Crippen LogP contribution in [0.4, 0.5) is 0 Å². The smallest absolute Gasteiger partial charge is 0.143 e. The molecule has 64 valence electrons. The van der Waals surface area contributed by atoms with Gasteiger partial charge in [-0.15, -0.1) is 0 Å². The Bertz CT molecular complexity index is 117. The van der Waals surface area contributed by atoms with E-state index >= 15 is 0 Å². The van der Waals surface area contributed by atoms with Crippen molar-refractivity contribution in [1.29, 1.82) is 5.26 Å². The van der Waals surface area contributed by atoms with Gasteiger partial charge in [-0.3, -0.25) is 0 Å². The molecule has 0 N–H and O–H groups in total. The number of ether oxygens (including phenoxy) is 1. The maximum atomic E-state index is 8.58. The lowest BCUT2D eigenvalue weighted by molar-refractivity contribution is 0.0934. The van der Waals surface area contributed by atoms with Gasteiger partial charge in [-0.05, 0) is 19.8 Å². The standard InChI is InChI=1S/C9H17NO/c1-3-5-6-7-9(8-10)11-4-2/h9H,3-7H2,1-2H3. The van der Waals surface area contributed by atoms with Gasteiger partial charge in [0.15, 0.2) is 0 Å². The Hall–Kier alpha value is -0.550.